The zero-order valence-corrected chi connectivity index (χ0v) is 14.5. The average Bonchev–Trinajstić information content (AvgIpc) is 2.61. The second-order valence-electron chi connectivity index (χ2n) is 5.52. The van der Waals surface area contributed by atoms with Gasteiger partial charge in [-0.2, -0.15) is 0 Å². The van der Waals surface area contributed by atoms with Crippen LogP contribution in [0.4, 0.5) is 0 Å². The molecule has 0 aromatic heterocycles. The van der Waals surface area contributed by atoms with E-state index in [0.717, 1.165) is 37.4 Å². The molecular formula is C18H26O7. The quantitative estimate of drug-likeness (QED) is 0.720. The summed E-state index contributed by atoms with van der Waals surface area (Å²) in [4.78, 5) is 21.4. The predicted molar refractivity (Wildman–Crippen MR) is 90.6 cm³/mol. The van der Waals surface area contributed by atoms with Gasteiger partial charge in [0.25, 0.3) is 0 Å². The van der Waals surface area contributed by atoms with E-state index in [-0.39, 0.29) is 25.6 Å². The molecular weight excluding hydrogens is 328 g/mol. The van der Waals surface area contributed by atoms with Gasteiger partial charge in [0.15, 0.2) is 0 Å². The summed E-state index contributed by atoms with van der Waals surface area (Å²) in [5.74, 6) is -0.747. The summed E-state index contributed by atoms with van der Waals surface area (Å²) in [7, 11) is 1.58. The number of benzene rings is 1. The lowest BCUT2D eigenvalue weighted by Crippen LogP contribution is -2.19. The van der Waals surface area contributed by atoms with E-state index in [4.69, 9.17) is 24.4 Å². The number of esters is 1. The molecule has 0 amide bonds. The molecule has 0 bridgehead atoms. The predicted octanol–water partition coefficient (Wildman–Crippen LogP) is 1.80. The van der Waals surface area contributed by atoms with Crippen molar-refractivity contribution < 1.29 is 34.0 Å². The number of rotatable bonds is 7. The van der Waals surface area contributed by atoms with Gasteiger partial charge in [0.2, 0.25) is 0 Å². The minimum absolute atomic E-state index is 0.0891. The summed E-state index contributed by atoms with van der Waals surface area (Å²) >= 11 is 0. The molecule has 1 aliphatic heterocycles. The first-order valence-corrected chi connectivity index (χ1v) is 8.28. The van der Waals surface area contributed by atoms with Crippen LogP contribution in [-0.4, -0.2) is 55.2 Å². The summed E-state index contributed by atoms with van der Waals surface area (Å²) in [5.41, 5.74) is 0.950. The van der Waals surface area contributed by atoms with Crippen LogP contribution >= 0.6 is 0 Å². The first-order valence-electron chi connectivity index (χ1n) is 8.28. The van der Waals surface area contributed by atoms with E-state index in [9.17, 15) is 9.59 Å². The van der Waals surface area contributed by atoms with Crippen LogP contribution in [0.2, 0.25) is 0 Å². The third-order valence-corrected chi connectivity index (χ3v) is 3.56. The van der Waals surface area contributed by atoms with Gasteiger partial charge in [0.1, 0.15) is 5.75 Å². The fourth-order valence-electron chi connectivity index (χ4n) is 2.15. The lowest BCUT2D eigenvalue weighted by Gasteiger charge is -2.15. The summed E-state index contributed by atoms with van der Waals surface area (Å²) < 4.78 is 15.1. The van der Waals surface area contributed by atoms with Gasteiger partial charge < -0.3 is 24.4 Å². The van der Waals surface area contributed by atoms with Crippen molar-refractivity contribution in [3.8, 4) is 5.75 Å². The minimum Gasteiger partial charge on any atom is -0.496 e. The van der Waals surface area contributed by atoms with E-state index in [1.165, 1.54) is 0 Å². The third kappa shape index (κ3) is 9.69. The number of aliphatic hydroxyl groups excluding tert-OH is 1. The Kier molecular flexibility index (Phi) is 10.3. The number of hydrogen-bond donors (Lipinski definition) is 2. The lowest BCUT2D eigenvalue weighted by atomic mass is 10.1. The van der Waals surface area contributed by atoms with Gasteiger partial charge in [0, 0.05) is 19.6 Å². The summed E-state index contributed by atoms with van der Waals surface area (Å²) in [6.45, 7) is 1.70. The Bertz CT molecular complexity index is 524. The van der Waals surface area contributed by atoms with E-state index < -0.39 is 11.9 Å². The molecule has 1 saturated heterocycles. The Morgan fingerprint density at radius 1 is 1.20 bits per heavy atom. The maximum Gasteiger partial charge on any atom is 0.306 e. The molecule has 0 spiro atoms. The second kappa shape index (κ2) is 12.3. The molecule has 140 valence electrons. The highest BCUT2D eigenvalue weighted by atomic mass is 16.5. The molecule has 25 heavy (non-hydrogen) atoms. The molecule has 1 fully saturated rings. The van der Waals surface area contributed by atoms with Crippen molar-refractivity contribution in [2.45, 2.75) is 38.2 Å². The molecule has 1 aromatic carbocycles. The van der Waals surface area contributed by atoms with Gasteiger partial charge in [-0.15, -0.1) is 0 Å². The molecule has 0 unspecified atom stereocenters. The van der Waals surface area contributed by atoms with Gasteiger partial charge in [0.05, 0.1) is 32.7 Å². The molecule has 1 aliphatic rings. The van der Waals surface area contributed by atoms with E-state index in [0.29, 0.717) is 6.42 Å². The fourth-order valence-corrected chi connectivity index (χ4v) is 2.15. The highest BCUT2D eigenvalue weighted by Crippen LogP contribution is 2.17. The number of methoxy groups -OCH3 is 1. The summed E-state index contributed by atoms with van der Waals surface area (Å²) in [6.07, 6.45) is 1.80. The van der Waals surface area contributed by atoms with Gasteiger partial charge in [-0.25, -0.2) is 0 Å². The SMILES string of the molecule is COc1ccccc1CCOC(=O)CCC(=O)O.OC1CCOCC1. The molecule has 7 heteroatoms. The number of hydrogen-bond acceptors (Lipinski definition) is 6. The van der Waals surface area contributed by atoms with Crippen molar-refractivity contribution in [2.75, 3.05) is 26.9 Å². The van der Waals surface area contributed by atoms with E-state index >= 15 is 0 Å². The Morgan fingerprint density at radius 3 is 2.44 bits per heavy atom. The van der Waals surface area contributed by atoms with Gasteiger partial charge in [-0.1, -0.05) is 18.2 Å². The van der Waals surface area contributed by atoms with E-state index in [1.807, 2.05) is 24.3 Å². The molecule has 7 nitrogen and oxygen atoms in total. The van der Waals surface area contributed by atoms with Crippen LogP contribution in [0.25, 0.3) is 0 Å². The summed E-state index contributed by atoms with van der Waals surface area (Å²) in [6, 6.07) is 7.47. The van der Waals surface area contributed by atoms with E-state index in [1.54, 1.807) is 7.11 Å². The van der Waals surface area contributed by atoms with Crippen molar-refractivity contribution in [1.29, 1.82) is 0 Å². The third-order valence-electron chi connectivity index (χ3n) is 3.56. The van der Waals surface area contributed by atoms with Crippen molar-refractivity contribution in [2.24, 2.45) is 0 Å². The van der Waals surface area contributed by atoms with Crippen LogP contribution in [0.15, 0.2) is 24.3 Å². The fraction of sp³-hybridized carbons (Fsp3) is 0.556. The zero-order chi connectivity index (χ0) is 18.5. The molecule has 1 heterocycles. The standard InChI is InChI=1S/C13H16O5.C5H10O2/c1-17-11-5-3-2-4-10(11)8-9-18-13(16)7-6-12(14)15;6-5-1-3-7-4-2-5/h2-5H,6-9H2,1H3,(H,14,15);5-6H,1-4H2. The van der Waals surface area contributed by atoms with E-state index in [2.05, 4.69) is 0 Å². The maximum atomic E-state index is 11.2. The molecule has 2 rings (SSSR count). The normalized spacial score (nSPS) is 14.2. The highest BCUT2D eigenvalue weighted by molar-refractivity contribution is 5.76. The van der Waals surface area contributed by atoms with Gasteiger partial charge in [-0.3, -0.25) is 9.59 Å². The molecule has 0 aliphatic carbocycles. The monoisotopic (exact) mass is 354 g/mol. The number of carboxylic acids is 1. The van der Waals surface area contributed by atoms with Crippen molar-refractivity contribution in [1.82, 2.24) is 0 Å². The van der Waals surface area contributed by atoms with Crippen LogP contribution in [0.3, 0.4) is 0 Å². The highest BCUT2D eigenvalue weighted by Gasteiger charge is 2.08. The first kappa shape index (κ1) is 20.9. The number of aliphatic carboxylic acids is 1. The van der Waals surface area contributed by atoms with Crippen LogP contribution < -0.4 is 4.74 Å². The maximum absolute atomic E-state index is 11.2. The number of para-hydroxylation sites is 1. The van der Waals surface area contributed by atoms with Gasteiger partial charge in [-0.05, 0) is 24.5 Å². The Morgan fingerprint density at radius 2 is 1.88 bits per heavy atom. The van der Waals surface area contributed by atoms with Crippen LogP contribution in [0.1, 0.15) is 31.2 Å². The van der Waals surface area contributed by atoms with Crippen molar-refractivity contribution in [3.05, 3.63) is 29.8 Å². The van der Waals surface area contributed by atoms with Gasteiger partial charge >= 0.3 is 11.9 Å². The molecule has 0 radical (unpaired) electrons. The number of ether oxygens (including phenoxy) is 3. The Balaban J connectivity index is 0.000000370. The van der Waals surface area contributed by atoms with Crippen molar-refractivity contribution in [3.63, 3.8) is 0 Å². The van der Waals surface area contributed by atoms with Crippen molar-refractivity contribution >= 4 is 11.9 Å². The second-order valence-corrected chi connectivity index (χ2v) is 5.52. The Labute approximate surface area is 147 Å². The van der Waals surface area contributed by atoms with Crippen LogP contribution in [-0.2, 0) is 25.5 Å². The molecule has 2 N–H and O–H groups in total. The number of carbonyl (C=O) groups excluding carboxylic acids is 1. The molecule has 0 saturated carbocycles. The number of aliphatic hydroxyl groups is 1. The number of carboxylic acid groups (broad SMARTS) is 1. The first-order chi connectivity index (χ1) is 12.0. The Hall–Kier alpha value is -2.12. The topological polar surface area (TPSA) is 102 Å². The average molecular weight is 354 g/mol. The zero-order valence-electron chi connectivity index (χ0n) is 14.5. The van der Waals surface area contributed by atoms with Crippen LogP contribution in [0, 0.1) is 0 Å². The molecule has 0 atom stereocenters. The van der Waals surface area contributed by atoms with Crippen LogP contribution in [0.5, 0.6) is 5.75 Å². The molecule has 1 aromatic rings. The smallest absolute Gasteiger partial charge is 0.306 e. The summed E-state index contributed by atoms with van der Waals surface area (Å²) in [5, 5.41) is 17.2. The lowest BCUT2D eigenvalue weighted by molar-refractivity contribution is -0.147. The largest absolute Gasteiger partial charge is 0.496 e. The number of carbonyl (C=O) groups is 2. The minimum atomic E-state index is -1.00.